The second-order valence-electron chi connectivity index (χ2n) is 7.79. The molecule has 0 saturated heterocycles. The van der Waals surface area contributed by atoms with Crippen molar-refractivity contribution in [2.75, 3.05) is 0 Å². The number of Topliss-reactive ketones (excluding diaryl/α,β-unsaturated/α-hetero) is 1. The van der Waals surface area contributed by atoms with Gasteiger partial charge in [-0.2, -0.15) is 0 Å². The number of rotatable bonds is 2. The Hall–Kier alpha value is 0.190. The molecule has 0 bridgehead atoms. The van der Waals surface area contributed by atoms with Crippen molar-refractivity contribution in [3.8, 4) is 0 Å². The third kappa shape index (κ3) is 6.10. The van der Waals surface area contributed by atoms with Crippen molar-refractivity contribution in [1.29, 1.82) is 0 Å². The molecule has 136 valence electrons. The van der Waals surface area contributed by atoms with Gasteiger partial charge < -0.3 is 24.1 Å². The van der Waals surface area contributed by atoms with E-state index >= 15 is 0 Å². The van der Waals surface area contributed by atoms with Crippen LogP contribution < -0.4 is 34.5 Å². The molecule has 0 aromatic rings. The first-order valence-corrected chi connectivity index (χ1v) is 10.4. The van der Waals surface area contributed by atoms with Crippen LogP contribution in [0.3, 0.4) is 0 Å². The van der Waals surface area contributed by atoms with Crippen LogP contribution in [-0.2, 0) is 13.9 Å². The Labute approximate surface area is 169 Å². The molecule has 0 radical (unpaired) electrons. The predicted octanol–water partition coefficient (Wildman–Crippen LogP) is -0.547. The van der Waals surface area contributed by atoms with Gasteiger partial charge in [0.1, 0.15) is 5.06 Å². The second kappa shape index (κ2) is 7.67. The molecular formula is C15H23NaO7P2. The summed E-state index contributed by atoms with van der Waals surface area (Å²) in [6.07, 6.45) is 2.26. The van der Waals surface area contributed by atoms with Gasteiger partial charge in [-0.25, -0.2) is 0 Å². The summed E-state index contributed by atoms with van der Waals surface area (Å²) in [5.41, 5.74) is -1.31. The zero-order valence-corrected chi connectivity index (χ0v) is 19.3. The Bertz CT molecular complexity index is 692. The standard InChI is InChI=1S/C15H24O7P2.Na/c1-14(2,3)10-7-9(8-11(12(10)16)15(4,5)6)13(23(17,18)19)24(20,21)22;/h7-8H,1-6H3,(H2,17,18,19)(H2,20,21,22);/q;+1/p-1. The first-order valence-electron chi connectivity index (χ1n) is 7.20. The van der Waals surface area contributed by atoms with E-state index in [0.717, 1.165) is 12.2 Å². The van der Waals surface area contributed by atoms with Gasteiger partial charge in [-0.1, -0.05) is 41.5 Å². The SMILES string of the molecule is CC(C)(C)C1=CC(=C(P(=O)([O-])O)P(=O)(O)O)C=C(C(C)(C)C)C1=O.[Na+]. The van der Waals surface area contributed by atoms with E-state index in [9.17, 15) is 33.5 Å². The monoisotopic (exact) mass is 400 g/mol. The molecule has 0 fully saturated rings. The summed E-state index contributed by atoms with van der Waals surface area (Å²) in [7, 11) is -10.8. The van der Waals surface area contributed by atoms with Gasteiger partial charge in [0.05, 0.1) is 0 Å². The second-order valence-corrected chi connectivity index (χ2v) is 11.2. The summed E-state index contributed by atoms with van der Waals surface area (Å²) in [5.74, 6) is -0.317. The number of ketones is 1. The van der Waals surface area contributed by atoms with Crippen molar-refractivity contribution in [3.63, 3.8) is 0 Å². The Kier molecular flexibility index (Phi) is 7.73. The molecule has 3 N–H and O–H groups in total. The van der Waals surface area contributed by atoms with E-state index in [4.69, 9.17) is 0 Å². The molecule has 10 heteroatoms. The van der Waals surface area contributed by atoms with Gasteiger partial charge in [0, 0.05) is 11.1 Å². The van der Waals surface area contributed by atoms with E-state index in [-0.39, 0.29) is 52.1 Å². The molecule has 0 aliphatic heterocycles. The van der Waals surface area contributed by atoms with E-state index in [1.54, 1.807) is 41.5 Å². The van der Waals surface area contributed by atoms with Gasteiger partial charge in [-0.05, 0) is 28.6 Å². The largest absolute Gasteiger partial charge is 1.00 e. The maximum atomic E-state index is 12.7. The summed E-state index contributed by atoms with van der Waals surface area (Å²) in [6.45, 7) is 10.4. The molecule has 1 unspecified atom stereocenters. The maximum absolute atomic E-state index is 12.7. The Morgan fingerprint density at radius 1 is 0.920 bits per heavy atom. The normalized spacial score (nSPS) is 18.8. The van der Waals surface area contributed by atoms with Crippen LogP contribution in [0.15, 0.2) is 33.9 Å². The van der Waals surface area contributed by atoms with Gasteiger partial charge in [-0.3, -0.25) is 9.36 Å². The Balaban J connectivity index is 0.00000576. The summed E-state index contributed by atoms with van der Waals surface area (Å²) in [6, 6.07) is 0. The van der Waals surface area contributed by atoms with E-state index in [2.05, 4.69) is 0 Å². The van der Waals surface area contributed by atoms with Crippen LogP contribution in [0.4, 0.5) is 0 Å². The quantitative estimate of drug-likeness (QED) is 0.418. The zero-order valence-electron chi connectivity index (χ0n) is 15.5. The van der Waals surface area contributed by atoms with Gasteiger partial charge in [0.15, 0.2) is 13.4 Å². The molecule has 1 aliphatic carbocycles. The predicted molar refractivity (Wildman–Crippen MR) is 89.0 cm³/mol. The maximum Gasteiger partial charge on any atom is 1.00 e. The molecule has 1 atom stereocenters. The van der Waals surface area contributed by atoms with Crippen LogP contribution in [-0.4, -0.2) is 20.5 Å². The number of carbonyl (C=O) groups is 1. The summed E-state index contributed by atoms with van der Waals surface area (Å²) in [5, 5.41) is -1.37. The van der Waals surface area contributed by atoms with Crippen molar-refractivity contribution < 1.29 is 63.1 Å². The van der Waals surface area contributed by atoms with Crippen LogP contribution in [0.5, 0.6) is 0 Å². The fraction of sp³-hybridized carbons (Fsp3) is 0.533. The third-order valence-corrected chi connectivity index (χ3v) is 6.65. The molecular weight excluding hydrogens is 377 g/mol. The van der Waals surface area contributed by atoms with Crippen LogP contribution in [0.1, 0.15) is 41.5 Å². The fourth-order valence-corrected chi connectivity index (χ4v) is 4.61. The Morgan fingerprint density at radius 2 is 1.24 bits per heavy atom. The third-order valence-electron chi connectivity index (χ3n) is 3.51. The molecule has 0 spiro atoms. The fourth-order valence-electron chi connectivity index (χ4n) is 2.37. The van der Waals surface area contributed by atoms with Crippen molar-refractivity contribution >= 4 is 21.0 Å². The van der Waals surface area contributed by atoms with Crippen LogP contribution in [0.25, 0.3) is 0 Å². The molecule has 0 saturated carbocycles. The molecule has 7 nitrogen and oxygen atoms in total. The first kappa shape index (κ1) is 25.2. The number of hydrogen-bond acceptors (Lipinski definition) is 4. The summed E-state index contributed by atoms with van der Waals surface area (Å²) in [4.78, 5) is 52.4. The first-order chi connectivity index (χ1) is 10.4. The minimum absolute atomic E-state index is 0. The molecule has 0 amide bonds. The average Bonchev–Trinajstić information content (AvgIpc) is 2.24. The van der Waals surface area contributed by atoms with Crippen molar-refractivity contribution in [2.24, 2.45) is 10.8 Å². The smallest absolute Gasteiger partial charge is 0.775 e. The van der Waals surface area contributed by atoms with Crippen LogP contribution in [0, 0.1) is 10.8 Å². The van der Waals surface area contributed by atoms with Gasteiger partial charge in [0.2, 0.25) is 0 Å². The number of allylic oxidation sites excluding steroid dienone is 5. The van der Waals surface area contributed by atoms with E-state index < -0.39 is 31.1 Å². The number of hydrogen-bond donors (Lipinski definition) is 3. The van der Waals surface area contributed by atoms with Gasteiger partial charge in [-0.15, -0.1) is 0 Å². The van der Waals surface area contributed by atoms with Crippen LogP contribution >= 0.6 is 15.2 Å². The average molecular weight is 400 g/mol. The van der Waals surface area contributed by atoms with E-state index in [1.165, 1.54) is 0 Å². The topological polar surface area (TPSA) is 135 Å². The molecule has 1 aliphatic rings. The molecule has 1 rings (SSSR count). The van der Waals surface area contributed by atoms with Gasteiger partial charge >= 0.3 is 37.2 Å². The van der Waals surface area contributed by atoms with Crippen molar-refractivity contribution in [1.82, 2.24) is 0 Å². The summed E-state index contributed by atoms with van der Waals surface area (Å²) >= 11 is 0. The zero-order chi connectivity index (χ0) is 19.3. The molecule has 0 aromatic heterocycles. The van der Waals surface area contributed by atoms with Gasteiger partial charge in [0.25, 0.3) is 0 Å². The minimum Gasteiger partial charge on any atom is -0.775 e. The van der Waals surface area contributed by atoms with Crippen molar-refractivity contribution in [2.45, 2.75) is 41.5 Å². The van der Waals surface area contributed by atoms with Crippen LogP contribution in [0.2, 0.25) is 0 Å². The van der Waals surface area contributed by atoms with E-state index in [1.807, 2.05) is 0 Å². The number of carbonyl (C=O) groups excluding carboxylic acids is 1. The van der Waals surface area contributed by atoms with Crippen molar-refractivity contribution in [3.05, 3.63) is 33.9 Å². The summed E-state index contributed by atoms with van der Waals surface area (Å²) < 4.78 is 23.2. The Morgan fingerprint density at radius 3 is 1.44 bits per heavy atom. The van der Waals surface area contributed by atoms with E-state index in [0.29, 0.717) is 0 Å². The molecule has 25 heavy (non-hydrogen) atoms. The molecule has 0 heterocycles. The molecule has 0 aromatic carbocycles. The minimum atomic E-state index is -5.48.